The topological polar surface area (TPSA) is 43.6 Å². The van der Waals surface area contributed by atoms with Gasteiger partial charge in [-0.05, 0) is 12.1 Å². The Balaban J connectivity index is 2.22. The van der Waals surface area contributed by atoms with Crippen molar-refractivity contribution in [2.24, 2.45) is 0 Å². The van der Waals surface area contributed by atoms with E-state index in [1.54, 1.807) is 30.3 Å². The molecule has 23 heavy (non-hydrogen) atoms. The molecule has 0 aliphatic carbocycles. The summed E-state index contributed by atoms with van der Waals surface area (Å²) >= 11 is 0. The summed E-state index contributed by atoms with van der Waals surface area (Å²) in [6.45, 7) is 0. The molecule has 0 fully saturated rings. The maximum Gasteiger partial charge on any atom is 0.435 e. The Labute approximate surface area is 129 Å². The quantitative estimate of drug-likeness (QED) is 0.693. The number of fused-ring (bicyclic) bond motifs is 1. The maximum absolute atomic E-state index is 12.9. The van der Waals surface area contributed by atoms with Crippen molar-refractivity contribution in [1.82, 2.24) is 9.61 Å². The highest BCUT2D eigenvalue weighted by Gasteiger charge is 2.35. The van der Waals surface area contributed by atoms with Gasteiger partial charge in [0.15, 0.2) is 11.5 Å². The third-order valence-corrected chi connectivity index (χ3v) is 3.37. The molecule has 0 spiro atoms. The van der Waals surface area contributed by atoms with Gasteiger partial charge >= 0.3 is 6.18 Å². The molecule has 0 radical (unpaired) electrons. The van der Waals surface area contributed by atoms with E-state index in [1.165, 1.54) is 19.2 Å². The lowest BCUT2D eigenvalue weighted by Crippen LogP contribution is -2.07. The SMILES string of the molecule is COc1ccc(C(=O)c2ccccc2)c2cc(C(F)(F)F)nn12. The Hall–Kier alpha value is -2.83. The van der Waals surface area contributed by atoms with Gasteiger partial charge in [0.25, 0.3) is 0 Å². The minimum Gasteiger partial charge on any atom is -0.481 e. The van der Waals surface area contributed by atoms with Crippen LogP contribution in [0.5, 0.6) is 5.88 Å². The number of hydrogen-bond donors (Lipinski definition) is 0. The van der Waals surface area contributed by atoms with Gasteiger partial charge in [-0.1, -0.05) is 30.3 Å². The van der Waals surface area contributed by atoms with Crippen LogP contribution in [-0.4, -0.2) is 22.5 Å². The second-order valence-corrected chi connectivity index (χ2v) is 4.81. The van der Waals surface area contributed by atoms with Crippen LogP contribution in [0, 0.1) is 0 Å². The van der Waals surface area contributed by atoms with E-state index in [4.69, 9.17) is 4.74 Å². The standard InChI is InChI=1S/C16H11F3N2O2/c1-23-14-8-7-11(15(22)10-5-3-2-4-6-10)12-9-13(16(17,18)19)20-21(12)14/h2-9H,1H3. The van der Waals surface area contributed by atoms with Crippen molar-refractivity contribution >= 4 is 11.3 Å². The fourth-order valence-electron chi connectivity index (χ4n) is 2.28. The lowest BCUT2D eigenvalue weighted by molar-refractivity contribution is -0.141. The van der Waals surface area contributed by atoms with Gasteiger partial charge in [0.1, 0.15) is 0 Å². The van der Waals surface area contributed by atoms with E-state index in [1.807, 2.05) is 0 Å². The molecule has 7 heteroatoms. The van der Waals surface area contributed by atoms with Crippen LogP contribution < -0.4 is 4.74 Å². The number of halogens is 3. The first kappa shape index (κ1) is 15.1. The van der Waals surface area contributed by atoms with E-state index in [2.05, 4.69) is 5.10 Å². The fourth-order valence-corrected chi connectivity index (χ4v) is 2.28. The van der Waals surface area contributed by atoms with Crippen LogP contribution >= 0.6 is 0 Å². The number of alkyl halides is 3. The van der Waals surface area contributed by atoms with Crippen LogP contribution in [0.1, 0.15) is 21.6 Å². The molecule has 0 N–H and O–H groups in total. The van der Waals surface area contributed by atoms with Gasteiger partial charge in [0.05, 0.1) is 12.6 Å². The largest absolute Gasteiger partial charge is 0.481 e. The number of hydrogen-bond acceptors (Lipinski definition) is 3. The van der Waals surface area contributed by atoms with Gasteiger partial charge in [-0.2, -0.15) is 22.8 Å². The van der Waals surface area contributed by atoms with Gasteiger partial charge in [-0.15, -0.1) is 0 Å². The zero-order valence-corrected chi connectivity index (χ0v) is 12.0. The van der Waals surface area contributed by atoms with Crippen molar-refractivity contribution in [2.75, 3.05) is 7.11 Å². The first-order valence-electron chi connectivity index (χ1n) is 6.65. The van der Waals surface area contributed by atoms with Gasteiger partial charge < -0.3 is 4.74 Å². The number of carbonyl (C=O) groups excluding carboxylic acids is 1. The van der Waals surface area contributed by atoms with Crippen molar-refractivity contribution in [2.45, 2.75) is 6.18 Å². The molecule has 0 aliphatic rings. The number of ether oxygens (including phenoxy) is 1. The second kappa shape index (κ2) is 5.42. The average Bonchev–Trinajstić information content (AvgIpc) is 2.99. The molecule has 0 unspecified atom stereocenters. The van der Waals surface area contributed by atoms with E-state index in [9.17, 15) is 18.0 Å². The Kier molecular flexibility index (Phi) is 3.55. The zero-order chi connectivity index (χ0) is 16.6. The van der Waals surface area contributed by atoms with E-state index in [0.717, 1.165) is 10.6 Å². The first-order chi connectivity index (χ1) is 10.9. The van der Waals surface area contributed by atoms with Gasteiger partial charge in [0, 0.05) is 17.2 Å². The number of pyridine rings is 1. The normalized spacial score (nSPS) is 11.7. The predicted molar refractivity (Wildman–Crippen MR) is 76.6 cm³/mol. The molecule has 0 saturated heterocycles. The summed E-state index contributed by atoms with van der Waals surface area (Å²) in [6.07, 6.45) is -4.61. The van der Waals surface area contributed by atoms with Gasteiger partial charge in [0.2, 0.25) is 5.88 Å². The Morgan fingerprint density at radius 2 is 1.83 bits per heavy atom. The molecule has 2 aromatic heterocycles. The molecule has 1 aromatic carbocycles. The molecule has 4 nitrogen and oxygen atoms in total. The first-order valence-corrected chi connectivity index (χ1v) is 6.65. The minimum atomic E-state index is -4.61. The lowest BCUT2D eigenvalue weighted by Gasteiger charge is -2.07. The highest BCUT2D eigenvalue weighted by atomic mass is 19.4. The summed E-state index contributed by atoms with van der Waals surface area (Å²) < 4.78 is 44.7. The number of aromatic nitrogens is 2. The number of nitrogens with zero attached hydrogens (tertiary/aromatic N) is 2. The maximum atomic E-state index is 12.9. The molecule has 0 atom stereocenters. The fraction of sp³-hybridized carbons (Fsp3) is 0.125. The molecule has 3 aromatic rings. The summed E-state index contributed by atoms with van der Waals surface area (Å²) in [5.41, 5.74) is -0.524. The molecule has 3 rings (SSSR count). The van der Waals surface area contributed by atoms with E-state index in [0.29, 0.717) is 5.56 Å². The predicted octanol–water partition coefficient (Wildman–Crippen LogP) is 3.59. The number of rotatable bonds is 3. The van der Waals surface area contributed by atoms with Gasteiger partial charge in [-0.25, -0.2) is 0 Å². The second-order valence-electron chi connectivity index (χ2n) is 4.81. The molecular formula is C16H11F3N2O2. The van der Waals surface area contributed by atoms with Crippen molar-refractivity contribution in [3.63, 3.8) is 0 Å². The molecule has 0 amide bonds. The summed E-state index contributed by atoms with van der Waals surface area (Å²) in [5.74, 6) is -0.271. The highest BCUT2D eigenvalue weighted by Crippen LogP contribution is 2.31. The van der Waals surface area contributed by atoms with Crippen LogP contribution in [0.25, 0.3) is 5.52 Å². The van der Waals surface area contributed by atoms with Crippen LogP contribution in [0.3, 0.4) is 0 Å². The summed E-state index contributed by atoms with van der Waals surface area (Å²) in [7, 11) is 1.32. The molecule has 118 valence electrons. The third kappa shape index (κ3) is 2.65. The molecular weight excluding hydrogens is 309 g/mol. The Morgan fingerprint density at radius 1 is 1.13 bits per heavy atom. The van der Waals surface area contributed by atoms with E-state index < -0.39 is 11.9 Å². The van der Waals surface area contributed by atoms with Crippen LogP contribution in [0.15, 0.2) is 48.5 Å². The summed E-state index contributed by atoms with van der Waals surface area (Å²) in [5, 5.41) is 3.51. The molecule has 0 bridgehead atoms. The molecule has 2 heterocycles. The van der Waals surface area contributed by atoms with Crippen molar-refractivity contribution in [1.29, 1.82) is 0 Å². The zero-order valence-electron chi connectivity index (χ0n) is 12.0. The highest BCUT2D eigenvalue weighted by molar-refractivity contribution is 6.13. The molecule has 0 saturated carbocycles. The van der Waals surface area contributed by atoms with Crippen LogP contribution in [-0.2, 0) is 6.18 Å². The van der Waals surface area contributed by atoms with Crippen molar-refractivity contribution in [3.05, 3.63) is 65.4 Å². The van der Waals surface area contributed by atoms with E-state index in [-0.39, 0.29) is 22.7 Å². The summed E-state index contributed by atoms with van der Waals surface area (Å²) in [6, 6.07) is 12.0. The smallest absolute Gasteiger partial charge is 0.435 e. The number of methoxy groups -OCH3 is 1. The number of benzene rings is 1. The monoisotopic (exact) mass is 320 g/mol. The minimum absolute atomic E-state index is 0.0468. The Morgan fingerprint density at radius 3 is 2.43 bits per heavy atom. The molecule has 0 aliphatic heterocycles. The summed E-state index contributed by atoms with van der Waals surface area (Å²) in [4.78, 5) is 12.6. The van der Waals surface area contributed by atoms with Crippen molar-refractivity contribution in [3.8, 4) is 5.88 Å². The number of ketones is 1. The average molecular weight is 320 g/mol. The third-order valence-electron chi connectivity index (χ3n) is 3.37. The van der Waals surface area contributed by atoms with Crippen molar-refractivity contribution < 1.29 is 22.7 Å². The van der Waals surface area contributed by atoms with E-state index >= 15 is 0 Å². The lowest BCUT2D eigenvalue weighted by atomic mass is 10.0. The van der Waals surface area contributed by atoms with Crippen LogP contribution in [0.2, 0.25) is 0 Å². The van der Waals surface area contributed by atoms with Gasteiger partial charge in [-0.3, -0.25) is 4.79 Å². The van der Waals surface area contributed by atoms with Crippen LogP contribution in [0.4, 0.5) is 13.2 Å². The number of carbonyl (C=O) groups is 1. The Bertz CT molecular complexity index is 870.